The summed E-state index contributed by atoms with van der Waals surface area (Å²) in [5, 5.41) is 5.48. The molecule has 5 heterocycles. The van der Waals surface area contributed by atoms with Crippen LogP contribution in [-0.2, 0) is 0 Å². The largest absolute Gasteiger partial charge is 0.493 e. The van der Waals surface area contributed by atoms with Gasteiger partial charge in [-0.2, -0.15) is 0 Å². The highest BCUT2D eigenvalue weighted by Crippen LogP contribution is 2.38. The summed E-state index contributed by atoms with van der Waals surface area (Å²) >= 11 is 5.99. The Labute approximate surface area is 274 Å². The number of fused-ring (bicyclic) bond motifs is 6. The molecular formula is C34H30ClN7O5. The van der Waals surface area contributed by atoms with Crippen molar-refractivity contribution in [3.05, 3.63) is 72.3 Å². The van der Waals surface area contributed by atoms with Crippen molar-refractivity contribution in [1.29, 1.82) is 0 Å². The smallest absolute Gasteiger partial charge is 0.212 e. The summed E-state index contributed by atoms with van der Waals surface area (Å²) < 4.78 is 26.5. The fraction of sp³-hybridized carbons (Fsp3) is 0.147. The minimum absolute atomic E-state index is 0.345. The zero-order chi connectivity index (χ0) is 33.2. The molecule has 0 saturated carbocycles. The zero-order valence-corrected chi connectivity index (χ0v) is 26.9. The minimum Gasteiger partial charge on any atom is -0.493 e. The van der Waals surface area contributed by atoms with Crippen molar-refractivity contribution in [2.45, 2.75) is 0 Å². The second-order valence-electron chi connectivity index (χ2n) is 10.2. The second kappa shape index (κ2) is 12.9. The molecule has 0 fully saturated rings. The molecular weight excluding hydrogens is 622 g/mol. The number of nitrogens with zero attached hydrogens (tertiary/aromatic N) is 5. The predicted molar refractivity (Wildman–Crippen MR) is 184 cm³/mol. The number of rotatable bonds is 6. The molecule has 0 atom stereocenters. The van der Waals surface area contributed by atoms with Gasteiger partial charge in [-0.25, -0.2) is 15.0 Å². The maximum absolute atomic E-state index is 6.22. The van der Waals surface area contributed by atoms with E-state index in [0.29, 0.717) is 45.7 Å². The third-order valence-corrected chi connectivity index (χ3v) is 7.83. The maximum atomic E-state index is 6.22. The van der Waals surface area contributed by atoms with Crippen LogP contribution in [0.3, 0.4) is 0 Å². The van der Waals surface area contributed by atoms with Gasteiger partial charge in [-0.05, 0) is 41.1 Å². The van der Waals surface area contributed by atoms with Crippen LogP contribution in [0.4, 0.5) is 11.6 Å². The van der Waals surface area contributed by atoms with Crippen molar-refractivity contribution in [3.63, 3.8) is 0 Å². The predicted octanol–water partition coefficient (Wildman–Crippen LogP) is 6.49. The first-order chi connectivity index (χ1) is 22.8. The van der Waals surface area contributed by atoms with E-state index in [1.807, 2.05) is 36.4 Å². The number of aromatic nitrogens is 5. The van der Waals surface area contributed by atoms with E-state index in [9.17, 15) is 0 Å². The van der Waals surface area contributed by atoms with Crippen LogP contribution in [0.2, 0.25) is 5.15 Å². The number of nitrogen functional groups attached to an aromatic ring is 2. The molecule has 0 bridgehead atoms. The average Bonchev–Trinajstić information content (AvgIpc) is 3.10. The van der Waals surface area contributed by atoms with Crippen LogP contribution in [-0.4, -0.2) is 60.5 Å². The molecule has 5 aromatic heterocycles. The lowest BCUT2D eigenvalue weighted by molar-refractivity contribution is 0.356. The number of halogens is 1. The van der Waals surface area contributed by atoms with Gasteiger partial charge in [0, 0.05) is 63.9 Å². The van der Waals surface area contributed by atoms with Crippen LogP contribution < -0.4 is 35.2 Å². The SMILES string of the molecule is COc1cc2ncc3c(N)nc(Cl)cc3c2cc1OC.COc1ccc(-c2cc3c(cnc4cc(OC)c(OC)cc43)c(N)n2)cn1. The van der Waals surface area contributed by atoms with Gasteiger partial charge >= 0.3 is 0 Å². The summed E-state index contributed by atoms with van der Waals surface area (Å²) in [7, 11) is 7.96. The van der Waals surface area contributed by atoms with Crippen molar-refractivity contribution in [2.24, 2.45) is 0 Å². The van der Waals surface area contributed by atoms with E-state index < -0.39 is 0 Å². The third kappa shape index (κ3) is 5.82. The summed E-state index contributed by atoms with van der Waals surface area (Å²) in [6.45, 7) is 0. The number of methoxy groups -OCH3 is 5. The van der Waals surface area contributed by atoms with Crippen molar-refractivity contribution >= 4 is 66.6 Å². The van der Waals surface area contributed by atoms with Gasteiger partial charge in [0.1, 0.15) is 16.8 Å². The Hall–Kier alpha value is -5.88. The highest BCUT2D eigenvalue weighted by atomic mass is 35.5. The molecule has 0 saturated heterocycles. The number of hydrogen-bond acceptors (Lipinski definition) is 12. The summed E-state index contributed by atoms with van der Waals surface area (Å²) in [6, 6.07) is 14.9. The van der Waals surface area contributed by atoms with Crippen LogP contribution in [0, 0.1) is 0 Å². The van der Waals surface area contributed by atoms with Gasteiger partial charge in [0.2, 0.25) is 5.88 Å². The molecule has 4 N–H and O–H groups in total. The molecule has 47 heavy (non-hydrogen) atoms. The molecule has 13 heteroatoms. The lowest BCUT2D eigenvalue weighted by Crippen LogP contribution is -1.97. The van der Waals surface area contributed by atoms with Gasteiger partial charge in [0.15, 0.2) is 23.0 Å². The van der Waals surface area contributed by atoms with Crippen LogP contribution in [0.25, 0.3) is 54.6 Å². The van der Waals surface area contributed by atoms with E-state index in [4.69, 9.17) is 46.8 Å². The van der Waals surface area contributed by atoms with Gasteiger partial charge in [-0.1, -0.05) is 11.6 Å². The highest BCUT2D eigenvalue weighted by molar-refractivity contribution is 6.31. The van der Waals surface area contributed by atoms with E-state index in [1.165, 1.54) is 0 Å². The molecule has 7 rings (SSSR count). The van der Waals surface area contributed by atoms with Crippen molar-refractivity contribution < 1.29 is 23.7 Å². The lowest BCUT2D eigenvalue weighted by Gasteiger charge is -2.12. The first-order valence-electron chi connectivity index (χ1n) is 14.2. The number of ether oxygens (including phenoxy) is 5. The molecule has 0 spiro atoms. The molecule has 7 aromatic rings. The van der Waals surface area contributed by atoms with Gasteiger partial charge in [-0.15, -0.1) is 0 Å². The van der Waals surface area contributed by atoms with Gasteiger partial charge in [-0.3, -0.25) is 9.97 Å². The number of anilines is 2. The van der Waals surface area contributed by atoms with Crippen LogP contribution in [0.5, 0.6) is 28.9 Å². The molecule has 2 aromatic carbocycles. The summed E-state index contributed by atoms with van der Waals surface area (Å²) in [6.07, 6.45) is 5.11. The summed E-state index contributed by atoms with van der Waals surface area (Å²) in [5.74, 6) is 3.81. The van der Waals surface area contributed by atoms with Gasteiger partial charge in [0.25, 0.3) is 0 Å². The first kappa shape index (κ1) is 31.1. The fourth-order valence-corrected chi connectivity index (χ4v) is 5.48. The normalized spacial score (nSPS) is 10.9. The molecule has 0 unspecified atom stereocenters. The molecule has 0 amide bonds. The molecule has 0 aliphatic carbocycles. The Morgan fingerprint density at radius 2 is 1.02 bits per heavy atom. The third-order valence-electron chi connectivity index (χ3n) is 7.64. The Kier molecular flexibility index (Phi) is 8.51. The number of benzene rings is 2. The lowest BCUT2D eigenvalue weighted by atomic mass is 10.0. The first-order valence-corrected chi connectivity index (χ1v) is 14.5. The maximum Gasteiger partial charge on any atom is 0.212 e. The van der Waals surface area contributed by atoms with E-state index in [0.717, 1.165) is 54.6 Å². The Morgan fingerprint density at radius 3 is 1.51 bits per heavy atom. The average molecular weight is 652 g/mol. The quantitative estimate of drug-likeness (QED) is 0.149. The fourth-order valence-electron chi connectivity index (χ4n) is 5.28. The van der Waals surface area contributed by atoms with Crippen LogP contribution in [0.1, 0.15) is 0 Å². The van der Waals surface area contributed by atoms with Crippen molar-refractivity contribution in [3.8, 4) is 40.1 Å². The highest BCUT2D eigenvalue weighted by Gasteiger charge is 2.14. The number of nitrogens with two attached hydrogens (primary N) is 2. The van der Waals surface area contributed by atoms with E-state index in [2.05, 4.69) is 24.9 Å². The second-order valence-corrected chi connectivity index (χ2v) is 10.6. The van der Waals surface area contributed by atoms with Gasteiger partial charge in [0.05, 0.1) is 52.3 Å². The monoisotopic (exact) mass is 651 g/mol. The van der Waals surface area contributed by atoms with Crippen molar-refractivity contribution in [1.82, 2.24) is 24.9 Å². The zero-order valence-electron chi connectivity index (χ0n) is 26.2. The van der Waals surface area contributed by atoms with Gasteiger partial charge < -0.3 is 35.2 Å². The van der Waals surface area contributed by atoms with E-state index >= 15 is 0 Å². The van der Waals surface area contributed by atoms with Crippen LogP contribution in [0.15, 0.2) is 67.1 Å². The van der Waals surface area contributed by atoms with Crippen molar-refractivity contribution in [2.75, 3.05) is 47.0 Å². The minimum atomic E-state index is 0.345. The number of hydrogen-bond donors (Lipinski definition) is 2. The standard InChI is InChI=1S/C20H18N4O3.C14H12ClN3O2/c1-25-17-7-13-12-6-15(11-4-5-19(27-3)23-9-11)24-20(21)14(12)10-22-16(13)8-18(17)26-2;1-19-11-3-8-7-4-13(15)18-14(16)9(7)6-17-10(8)5-12(11)20-2/h4-10H,1-3H3,(H2,21,24);3-6H,1-2H3,(H2,16,18). The summed E-state index contributed by atoms with van der Waals surface area (Å²) in [4.78, 5) is 21.7. The summed E-state index contributed by atoms with van der Waals surface area (Å²) in [5.41, 5.74) is 15.2. The van der Waals surface area contributed by atoms with E-state index in [-0.39, 0.29) is 0 Å². The van der Waals surface area contributed by atoms with E-state index in [1.54, 1.807) is 66.3 Å². The molecule has 0 radical (unpaired) electrons. The number of pyridine rings is 5. The molecule has 12 nitrogen and oxygen atoms in total. The topological polar surface area (TPSA) is 163 Å². The Balaban J connectivity index is 0.000000172. The van der Waals surface area contributed by atoms with Crippen LogP contribution >= 0.6 is 11.6 Å². The molecule has 0 aliphatic rings. The Bertz CT molecular complexity index is 2280. The molecule has 0 aliphatic heterocycles. The Morgan fingerprint density at radius 1 is 0.511 bits per heavy atom. The molecule has 238 valence electrons.